The SMILES string of the molecule is CCOc1cc(/C=C(\C#N)C(=O)Nc2ccccc2F)cc(Cl)c1OC. The zero-order valence-corrected chi connectivity index (χ0v) is 14.9. The quantitative estimate of drug-likeness (QED) is 0.599. The maximum Gasteiger partial charge on any atom is 0.266 e. The van der Waals surface area contributed by atoms with Crippen LogP contribution in [0.2, 0.25) is 5.02 Å². The largest absolute Gasteiger partial charge is 0.491 e. The first-order valence-corrected chi connectivity index (χ1v) is 8.06. The number of carbonyl (C=O) groups excluding carboxylic acids is 1. The van der Waals surface area contributed by atoms with Crippen LogP contribution in [0.3, 0.4) is 0 Å². The Morgan fingerprint density at radius 2 is 2.12 bits per heavy atom. The monoisotopic (exact) mass is 374 g/mol. The van der Waals surface area contributed by atoms with Crippen molar-refractivity contribution >= 4 is 29.3 Å². The Bertz CT molecular complexity index is 891. The minimum Gasteiger partial charge on any atom is -0.491 e. The van der Waals surface area contributed by atoms with E-state index in [1.165, 1.54) is 37.5 Å². The highest BCUT2D eigenvalue weighted by molar-refractivity contribution is 6.32. The molecule has 1 N–H and O–H groups in total. The average Bonchev–Trinajstić information content (AvgIpc) is 2.61. The summed E-state index contributed by atoms with van der Waals surface area (Å²) in [6.45, 7) is 2.19. The highest BCUT2D eigenvalue weighted by Gasteiger charge is 2.14. The number of halogens is 2. The standard InChI is InChI=1S/C19H16ClFN2O3/c1-3-26-17-10-12(9-14(20)18(17)25-2)8-13(11-22)19(24)23-16-7-5-4-6-15(16)21/h4-10H,3H2,1-2H3,(H,23,24)/b13-8+. The molecule has 0 aliphatic carbocycles. The van der Waals surface area contributed by atoms with Crippen molar-refractivity contribution in [2.45, 2.75) is 6.92 Å². The molecule has 134 valence electrons. The van der Waals surface area contributed by atoms with Crippen LogP contribution in [0, 0.1) is 17.1 Å². The Morgan fingerprint density at radius 3 is 2.73 bits per heavy atom. The number of amides is 1. The Labute approximate surface area is 155 Å². The minimum absolute atomic E-state index is 0.0126. The van der Waals surface area contributed by atoms with Crippen molar-refractivity contribution < 1.29 is 18.7 Å². The molecule has 0 spiro atoms. The van der Waals surface area contributed by atoms with Gasteiger partial charge in [0.15, 0.2) is 11.5 Å². The van der Waals surface area contributed by atoms with E-state index in [0.717, 1.165) is 0 Å². The lowest BCUT2D eigenvalue weighted by Gasteiger charge is -2.12. The first kappa shape index (κ1) is 19.3. The summed E-state index contributed by atoms with van der Waals surface area (Å²) in [5.74, 6) is -0.577. The molecule has 0 saturated carbocycles. The van der Waals surface area contributed by atoms with E-state index >= 15 is 0 Å². The van der Waals surface area contributed by atoms with Crippen molar-refractivity contribution in [2.75, 3.05) is 19.0 Å². The Kier molecular flexibility index (Phi) is 6.59. The fourth-order valence-electron chi connectivity index (χ4n) is 2.20. The Morgan fingerprint density at radius 1 is 1.38 bits per heavy atom. The van der Waals surface area contributed by atoms with Gasteiger partial charge in [-0.1, -0.05) is 23.7 Å². The molecule has 0 saturated heterocycles. The topological polar surface area (TPSA) is 71.3 Å². The van der Waals surface area contributed by atoms with Gasteiger partial charge < -0.3 is 14.8 Å². The van der Waals surface area contributed by atoms with Gasteiger partial charge in [-0.3, -0.25) is 4.79 Å². The van der Waals surface area contributed by atoms with Crippen LogP contribution in [0.15, 0.2) is 42.0 Å². The second-order valence-corrected chi connectivity index (χ2v) is 5.48. The summed E-state index contributed by atoms with van der Waals surface area (Å²) in [7, 11) is 1.46. The summed E-state index contributed by atoms with van der Waals surface area (Å²) in [5.41, 5.74) is 0.248. The fourth-order valence-corrected chi connectivity index (χ4v) is 2.50. The summed E-state index contributed by atoms with van der Waals surface area (Å²) in [6, 6.07) is 10.6. The number of rotatable bonds is 6. The van der Waals surface area contributed by atoms with E-state index in [4.69, 9.17) is 21.1 Å². The predicted octanol–water partition coefficient (Wildman–Crippen LogP) is 4.43. The molecule has 0 heterocycles. The second kappa shape index (κ2) is 8.88. The number of hydrogen-bond acceptors (Lipinski definition) is 4. The van der Waals surface area contributed by atoms with Crippen molar-refractivity contribution in [2.24, 2.45) is 0 Å². The van der Waals surface area contributed by atoms with E-state index in [0.29, 0.717) is 23.7 Å². The van der Waals surface area contributed by atoms with Gasteiger partial charge in [0, 0.05) is 0 Å². The smallest absolute Gasteiger partial charge is 0.266 e. The van der Waals surface area contributed by atoms with Gasteiger partial charge in [0.25, 0.3) is 5.91 Å². The van der Waals surface area contributed by atoms with Gasteiger partial charge in [0.2, 0.25) is 0 Å². The molecule has 5 nitrogen and oxygen atoms in total. The summed E-state index contributed by atoms with van der Waals surface area (Å²) in [5, 5.41) is 11.9. The number of nitrogens with zero attached hydrogens (tertiary/aromatic N) is 1. The molecule has 0 unspecified atom stereocenters. The third kappa shape index (κ3) is 4.52. The number of ether oxygens (including phenoxy) is 2. The molecule has 26 heavy (non-hydrogen) atoms. The Hall–Kier alpha value is -3.04. The van der Waals surface area contributed by atoms with Crippen LogP contribution in [0.1, 0.15) is 12.5 Å². The zero-order valence-electron chi connectivity index (χ0n) is 14.2. The predicted molar refractivity (Wildman–Crippen MR) is 97.8 cm³/mol. The van der Waals surface area contributed by atoms with E-state index in [2.05, 4.69) is 5.32 Å². The van der Waals surface area contributed by atoms with E-state index in [9.17, 15) is 14.4 Å². The molecule has 0 fully saturated rings. The van der Waals surface area contributed by atoms with Crippen LogP contribution in [0.4, 0.5) is 10.1 Å². The van der Waals surface area contributed by atoms with Gasteiger partial charge in [-0.2, -0.15) is 5.26 Å². The first-order chi connectivity index (χ1) is 12.5. The van der Waals surface area contributed by atoms with Crippen LogP contribution in [-0.4, -0.2) is 19.6 Å². The first-order valence-electron chi connectivity index (χ1n) is 7.68. The summed E-state index contributed by atoms with van der Waals surface area (Å²) < 4.78 is 24.3. The molecule has 2 aromatic rings. The second-order valence-electron chi connectivity index (χ2n) is 5.07. The number of nitrogens with one attached hydrogen (secondary N) is 1. The summed E-state index contributed by atoms with van der Waals surface area (Å²) >= 11 is 6.16. The van der Waals surface area contributed by atoms with Crippen LogP contribution in [0.25, 0.3) is 6.08 Å². The van der Waals surface area contributed by atoms with Gasteiger partial charge in [0.1, 0.15) is 17.5 Å². The zero-order chi connectivity index (χ0) is 19.1. The highest BCUT2D eigenvalue weighted by Crippen LogP contribution is 2.36. The number of anilines is 1. The van der Waals surface area contributed by atoms with Crippen molar-refractivity contribution in [3.05, 3.63) is 58.4 Å². The van der Waals surface area contributed by atoms with Gasteiger partial charge in [-0.25, -0.2) is 4.39 Å². The van der Waals surface area contributed by atoms with Crippen LogP contribution in [-0.2, 0) is 4.79 Å². The number of nitriles is 1. The average molecular weight is 375 g/mol. The van der Waals surface area contributed by atoms with Gasteiger partial charge in [-0.15, -0.1) is 0 Å². The molecule has 0 bridgehead atoms. The van der Waals surface area contributed by atoms with Gasteiger partial charge >= 0.3 is 0 Å². The Balaban J connectivity index is 2.35. The van der Waals surface area contributed by atoms with E-state index in [-0.39, 0.29) is 16.3 Å². The van der Waals surface area contributed by atoms with Gasteiger partial charge in [-0.05, 0) is 42.8 Å². The molecule has 0 aliphatic heterocycles. The number of para-hydroxylation sites is 1. The third-order valence-corrected chi connectivity index (χ3v) is 3.61. The number of benzene rings is 2. The van der Waals surface area contributed by atoms with Gasteiger partial charge in [0.05, 0.1) is 24.4 Å². The minimum atomic E-state index is -0.734. The van der Waals surface area contributed by atoms with Crippen molar-refractivity contribution in [3.8, 4) is 17.6 Å². The molecule has 0 aromatic heterocycles. The maximum absolute atomic E-state index is 13.7. The molecular weight excluding hydrogens is 359 g/mol. The molecule has 2 aromatic carbocycles. The lowest BCUT2D eigenvalue weighted by Crippen LogP contribution is -2.14. The molecule has 0 radical (unpaired) electrons. The summed E-state index contributed by atoms with van der Waals surface area (Å²) in [4.78, 5) is 12.3. The molecule has 1 amide bonds. The number of hydrogen-bond donors (Lipinski definition) is 1. The van der Waals surface area contributed by atoms with E-state index < -0.39 is 11.7 Å². The summed E-state index contributed by atoms with van der Waals surface area (Å²) in [6.07, 6.45) is 1.34. The van der Waals surface area contributed by atoms with Crippen LogP contribution in [0.5, 0.6) is 11.5 Å². The normalized spacial score (nSPS) is 10.8. The van der Waals surface area contributed by atoms with Crippen molar-refractivity contribution in [1.29, 1.82) is 5.26 Å². The van der Waals surface area contributed by atoms with E-state index in [1.807, 2.05) is 0 Å². The van der Waals surface area contributed by atoms with E-state index in [1.54, 1.807) is 25.1 Å². The lowest BCUT2D eigenvalue weighted by atomic mass is 10.1. The molecule has 0 atom stereocenters. The van der Waals surface area contributed by atoms with Crippen molar-refractivity contribution in [3.63, 3.8) is 0 Å². The molecule has 7 heteroatoms. The fraction of sp³-hybridized carbons (Fsp3) is 0.158. The maximum atomic E-state index is 13.7. The molecule has 2 rings (SSSR count). The highest BCUT2D eigenvalue weighted by atomic mass is 35.5. The lowest BCUT2D eigenvalue weighted by molar-refractivity contribution is -0.112. The molecular formula is C19H16ClFN2O3. The van der Waals surface area contributed by atoms with Crippen LogP contribution >= 0.6 is 11.6 Å². The van der Waals surface area contributed by atoms with Crippen molar-refractivity contribution in [1.82, 2.24) is 0 Å². The third-order valence-electron chi connectivity index (χ3n) is 3.33. The number of methoxy groups -OCH3 is 1. The number of carbonyl (C=O) groups is 1. The molecule has 0 aliphatic rings. The van der Waals surface area contributed by atoms with Crippen LogP contribution < -0.4 is 14.8 Å².